The van der Waals surface area contributed by atoms with Crippen LogP contribution in [0.1, 0.15) is 53.4 Å². The van der Waals surface area contributed by atoms with Gasteiger partial charge in [0, 0.05) is 19.7 Å². The molecule has 1 fully saturated rings. The minimum absolute atomic E-state index is 0.527. The van der Waals surface area contributed by atoms with Crippen molar-refractivity contribution in [3.8, 4) is 0 Å². The summed E-state index contributed by atoms with van der Waals surface area (Å²) in [6.07, 6.45) is 5.62. The minimum atomic E-state index is 0.527. The SMILES string of the molecule is CC.COC1CCC(N(C)CC(C)C)CC1. The molecule has 0 saturated heterocycles. The van der Waals surface area contributed by atoms with E-state index >= 15 is 0 Å². The number of hydrogen-bond acceptors (Lipinski definition) is 2. The lowest BCUT2D eigenvalue weighted by molar-refractivity contribution is 0.0421. The highest BCUT2D eigenvalue weighted by atomic mass is 16.5. The van der Waals surface area contributed by atoms with Gasteiger partial charge in [0.05, 0.1) is 6.10 Å². The normalized spacial score (nSPS) is 25.5. The molecule has 0 radical (unpaired) electrons. The van der Waals surface area contributed by atoms with Gasteiger partial charge in [0.15, 0.2) is 0 Å². The Kier molecular flexibility index (Phi) is 8.96. The lowest BCUT2D eigenvalue weighted by atomic mass is 9.91. The summed E-state index contributed by atoms with van der Waals surface area (Å²) in [5.74, 6) is 0.778. The molecule has 2 heteroatoms. The molecule has 0 aromatic heterocycles. The Morgan fingerprint density at radius 3 is 2.00 bits per heavy atom. The van der Waals surface area contributed by atoms with Crippen LogP contribution in [-0.4, -0.2) is 37.7 Å². The van der Waals surface area contributed by atoms with Gasteiger partial charge in [0.2, 0.25) is 0 Å². The highest BCUT2D eigenvalue weighted by Gasteiger charge is 2.23. The van der Waals surface area contributed by atoms with Crippen molar-refractivity contribution in [1.82, 2.24) is 4.90 Å². The summed E-state index contributed by atoms with van der Waals surface area (Å²) in [7, 11) is 4.10. The Bertz CT molecular complexity index is 151. The molecule has 1 saturated carbocycles. The summed E-state index contributed by atoms with van der Waals surface area (Å²) >= 11 is 0. The second-order valence-electron chi connectivity index (χ2n) is 5.00. The fourth-order valence-electron chi connectivity index (χ4n) is 2.45. The van der Waals surface area contributed by atoms with Gasteiger partial charge in [-0.3, -0.25) is 0 Å². The lowest BCUT2D eigenvalue weighted by Crippen LogP contribution is -2.38. The first kappa shape index (κ1) is 15.9. The first-order chi connectivity index (χ1) is 7.63. The molecule has 0 bridgehead atoms. The molecular weight excluding hydrogens is 198 g/mol. The molecule has 0 atom stereocenters. The number of hydrogen-bond donors (Lipinski definition) is 0. The average molecular weight is 229 g/mol. The van der Waals surface area contributed by atoms with Crippen LogP contribution in [-0.2, 0) is 4.74 Å². The third kappa shape index (κ3) is 5.86. The number of nitrogens with zero attached hydrogens (tertiary/aromatic N) is 1. The number of ether oxygens (including phenoxy) is 1. The number of methoxy groups -OCH3 is 1. The van der Waals surface area contributed by atoms with Crippen LogP contribution in [0.15, 0.2) is 0 Å². The van der Waals surface area contributed by atoms with E-state index in [1.165, 1.54) is 32.2 Å². The van der Waals surface area contributed by atoms with Crippen LogP contribution in [0, 0.1) is 5.92 Å². The molecule has 0 N–H and O–H groups in total. The fraction of sp³-hybridized carbons (Fsp3) is 1.00. The van der Waals surface area contributed by atoms with E-state index in [0.717, 1.165) is 12.0 Å². The highest BCUT2D eigenvalue weighted by Crippen LogP contribution is 2.24. The Morgan fingerprint density at radius 2 is 1.62 bits per heavy atom. The maximum atomic E-state index is 5.38. The average Bonchev–Trinajstić information content (AvgIpc) is 2.31. The summed E-state index contributed by atoms with van der Waals surface area (Å²) in [5, 5.41) is 0. The Hall–Kier alpha value is -0.0800. The van der Waals surface area contributed by atoms with E-state index in [-0.39, 0.29) is 0 Å². The zero-order valence-corrected chi connectivity index (χ0v) is 12.1. The monoisotopic (exact) mass is 229 g/mol. The van der Waals surface area contributed by atoms with Crippen LogP contribution in [0.25, 0.3) is 0 Å². The van der Waals surface area contributed by atoms with Crippen LogP contribution in [0.5, 0.6) is 0 Å². The van der Waals surface area contributed by atoms with Gasteiger partial charge in [-0.05, 0) is 38.6 Å². The highest BCUT2D eigenvalue weighted by molar-refractivity contribution is 4.78. The first-order valence-corrected chi connectivity index (χ1v) is 6.86. The van der Waals surface area contributed by atoms with E-state index in [1.54, 1.807) is 0 Å². The van der Waals surface area contributed by atoms with Crippen molar-refractivity contribution < 1.29 is 4.74 Å². The quantitative estimate of drug-likeness (QED) is 0.731. The molecule has 2 nitrogen and oxygen atoms in total. The van der Waals surface area contributed by atoms with Gasteiger partial charge in [-0.15, -0.1) is 0 Å². The molecule has 0 spiro atoms. The van der Waals surface area contributed by atoms with E-state index in [2.05, 4.69) is 25.8 Å². The van der Waals surface area contributed by atoms with Gasteiger partial charge in [-0.2, -0.15) is 0 Å². The van der Waals surface area contributed by atoms with Crippen LogP contribution in [0.4, 0.5) is 0 Å². The van der Waals surface area contributed by atoms with Gasteiger partial charge in [-0.25, -0.2) is 0 Å². The smallest absolute Gasteiger partial charge is 0.0572 e. The van der Waals surface area contributed by atoms with E-state index < -0.39 is 0 Å². The standard InChI is InChI=1S/C12H25NO.C2H6/c1-10(2)9-13(3)11-5-7-12(14-4)8-6-11;1-2/h10-12H,5-9H2,1-4H3;1-2H3. The molecule has 1 aliphatic carbocycles. The van der Waals surface area contributed by atoms with Crippen LogP contribution < -0.4 is 0 Å². The first-order valence-electron chi connectivity index (χ1n) is 6.86. The summed E-state index contributed by atoms with van der Waals surface area (Å²) < 4.78 is 5.38. The van der Waals surface area contributed by atoms with Crippen molar-refractivity contribution in [2.24, 2.45) is 5.92 Å². The van der Waals surface area contributed by atoms with Gasteiger partial charge >= 0.3 is 0 Å². The molecule has 98 valence electrons. The predicted octanol–water partition coefficient (Wildman–Crippen LogP) is 3.56. The van der Waals surface area contributed by atoms with Crippen molar-refractivity contribution in [3.63, 3.8) is 0 Å². The molecule has 0 aromatic rings. The topological polar surface area (TPSA) is 12.5 Å². The molecule has 0 unspecified atom stereocenters. The number of rotatable bonds is 4. The largest absolute Gasteiger partial charge is 0.381 e. The zero-order valence-electron chi connectivity index (χ0n) is 12.1. The van der Waals surface area contributed by atoms with Gasteiger partial charge in [0.25, 0.3) is 0 Å². The summed E-state index contributed by atoms with van der Waals surface area (Å²) in [5.41, 5.74) is 0. The third-order valence-electron chi connectivity index (χ3n) is 3.25. The van der Waals surface area contributed by atoms with E-state index in [0.29, 0.717) is 6.10 Å². The fourth-order valence-corrected chi connectivity index (χ4v) is 2.45. The van der Waals surface area contributed by atoms with Gasteiger partial charge < -0.3 is 9.64 Å². The van der Waals surface area contributed by atoms with Crippen LogP contribution >= 0.6 is 0 Å². The zero-order chi connectivity index (χ0) is 12.6. The van der Waals surface area contributed by atoms with E-state index in [4.69, 9.17) is 4.74 Å². The third-order valence-corrected chi connectivity index (χ3v) is 3.25. The Labute approximate surface area is 102 Å². The molecule has 1 aliphatic rings. The van der Waals surface area contributed by atoms with Gasteiger partial charge in [-0.1, -0.05) is 27.7 Å². The molecule has 1 rings (SSSR count). The van der Waals surface area contributed by atoms with Crippen LogP contribution in [0.3, 0.4) is 0 Å². The van der Waals surface area contributed by atoms with Crippen molar-refractivity contribution in [2.45, 2.75) is 65.5 Å². The molecule has 16 heavy (non-hydrogen) atoms. The maximum absolute atomic E-state index is 5.38. The van der Waals surface area contributed by atoms with Crippen LogP contribution in [0.2, 0.25) is 0 Å². The van der Waals surface area contributed by atoms with Gasteiger partial charge in [0.1, 0.15) is 0 Å². The second kappa shape index (κ2) is 9.00. The van der Waals surface area contributed by atoms with Crippen molar-refractivity contribution in [2.75, 3.05) is 20.7 Å². The summed E-state index contributed by atoms with van der Waals surface area (Å²) in [6, 6.07) is 0.795. The summed E-state index contributed by atoms with van der Waals surface area (Å²) in [6.45, 7) is 9.80. The maximum Gasteiger partial charge on any atom is 0.0572 e. The van der Waals surface area contributed by atoms with E-state index in [9.17, 15) is 0 Å². The second-order valence-corrected chi connectivity index (χ2v) is 5.00. The molecule has 0 heterocycles. The molecule has 0 amide bonds. The predicted molar refractivity (Wildman–Crippen MR) is 71.9 cm³/mol. The van der Waals surface area contributed by atoms with Crippen molar-refractivity contribution >= 4 is 0 Å². The minimum Gasteiger partial charge on any atom is -0.381 e. The van der Waals surface area contributed by atoms with Crippen molar-refractivity contribution in [1.29, 1.82) is 0 Å². The lowest BCUT2D eigenvalue weighted by Gasteiger charge is -2.35. The molecule has 0 aliphatic heterocycles. The van der Waals surface area contributed by atoms with E-state index in [1.807, 2.05) is 21.0 Å². The Morgan fingerprint density at radius 1 is 1.12 bits per heavy atom. The molecular formula is C14H31NO. The van der Waals surface area contributed by atoms with Crippen molar-refractivity contribution in [3.05, 3.63) is 0 Å². The molecule has 0 aromatic carbocycles. The summed E-state index contributed by atoms with van der Waals surface area (Å²) in [4.78, 5) is 2.52. The Balaban J connectivity index is 0.00000106.